The zero-order valence-electron chi connectivity index (χ0n) is 33.8. The average molecular weight is 792 g/mol. The number of nitriles is 2. The summed E-state index contributed by atoms with van der Waals surface area (Å²) in [6, 6.07) is 0. The van der Waals surface area contributed by atoms with Gasteiger partial charge in [0.15, 0.2) is 0 Å². The standard InChI is InChI=1S/4C10H20N.2CHNS.Ni/c4*1-2-3-4-5-10-6-8-11-9-7-10;2*2-1-3;/h4*10H,2-9H2,1H3;2*3H;/q4*-1;;;/p-2. The van der Waals surface area contributed by atoms with E-state index >= 15 is 0 Å². The first-order valence-corrected chi connectivity index (χ1v) is 21.9. The second-order valence-corrected chi connectivity index (χ2v) is 15.0. The summed E-state index contributed by atoms with van der Waals surface area (Å²) in [5.41, 5.74) is 0. The van der Waals surface area contributed by atoms with E-state index in [9.17, 15) is 0 Å². The van der Waals surface area contributed by atoms with E-state index < -0.39 is 0 Å². The predicted octanol–water partition coefficient (Wildman–Crippen LogP) is 13.4. The Bertz CT molecular complexity index is 603. The van der Waals surface area contributed by atoms with E-state index in [-0.39, 0.29) is 16.5 Å². The fourth-order valence-corrected chi connectivity index (χ4v) is 7.10. The van der Waals surface area contributed by atoms with Crippen LogP contribution in [0.25, 0.3) is 21.3 Å². The van der Waals surface area contributed by atoms with Gasteiger partial charge < -0.3 is 46.5 Å². The molecule has 0 amide bonds. The molecule has 0 aromatic rings. The third kappa shape index (κ3) is 42.4. The third-order valence-corrected chi connectivity index (χ3v) is 10.4. The molecule has 0 bridgehead atoms. The molecule has 51 heavy (non-hydrogen) atoms. The summed E-state index contributed by atoms with van der Waals surface area (Å²) < 4.78 is 0. The van der Waals surface area contributed by atoms with Crippen molar-refractivity contribution in [1.29, 1.82) is 10.5 Å². The zero-order valence-corrected chi connectivity index (χ0v) is 36.4. The minimum absolute atomic E-state index is 0. The Morgan fingerprint density at radius 1 is 0.392 bits per heavy atom. The molecule has 0 N–H and O–H groups in total. The fourth-order valence-electron chi connectivity index (χ4n) is 7.10. The van der Waals surface area contributed by atoms with Gasteiger partial charge in [-0.2, -0.15) is 0 Å². The molecule has 0 unspecified atom stereocenters. The monoisotopic (exact) mass is 791 g/mol. The average Bonchev–Trinajstić information content (AvgIpc) is 3.15. The van der Waals surface area contributed by atoms with Gasteiger partial charge in [-0.1, -0.05) is 193 Å². The molecule has 6 nitrogen and oxygen atoms in total. The zero-order chi connectivity index (χ0) is 37.2. The first kappa shape index (κ1) is 55.1. The van der Waals surface area contributed by atoms with Crippen LogP contribution in [0.2, 0.25) is 0 Å². The van der Waals surface area contributed by atoms with Crippen LogP contribution < -0.4 is 0 Å². The SMILES string of the molecule is CCCCCC1CC[N-]CC1.CCCCCC1CC[N-]CC1.CCCCCC1CC[N-]CC1.CCCCCC1CC[N-]CC1.N#C[S-].N#C[S-].[Ni]. The van der Waals surface area contributed by atoms with E-state index in [1.54, 1.807) is 0 Å². The van der Waals surface area contributed by atoms with Gasteiger partial charge in [0.2, 0.25) is 0 Å². The Kier molecular flexibility index (Phi) is 51.6. The van der Waals surface area contributed by atoms with Crippen LogP contribution in [0.1, 0.15) is 182 Å². The van der Waals surface area contributed by atoms with Crippen molar-refractivity contribution in [2.75, 3.05) is 52.4 Å². The van der Waals surface area contributed by atoms with Crippen molar-refractivity contribution in [1.82, 2.24) is 0 Å². The van der Waals surface area contributed by atoms with Crippen LogP contribution >= 0.6 is 0 Å². The normalized spacial score (nSPS) is 17.9. The topological polar surface area (TPSA) is 104 Å². The number of hydrogen-bond donors (Lipinski definition) is 0. The molecule has 0 aliphatic carbocycles. The van der Waals surface area contributed by atoms with Crippen molar-refractivity contribution in [2.45, 2.75) is 182 Å². The van der Waals surface area contributed by atoms with E-state index in [4.69, 9.17) is 10.5 Å². The number of hydrogen-bond acceptors (Lipinski definition) is 4. The van der Waals surface area contributed by atoms with E-state index in [0.29, 0.717) is 0 Å². The molecule has 0 aromatic carbocycles. The van der Waals surface area contributed by atoms with Crippen molar-refractivity contribution < 1.29 is 16.5 Å². The third-order valence-electron chi connectivity index (χ3n) is 10.4. The van der Waals surface area contributed by atoms with E-state index in [2.05, 4.69) is 74.2 Å². The number of thiocyanates is 2. The van der Waals surface area contributed by atoms with E-state index in [0.717, 1.165) is 76.0 Å². The Labute approximate surface area is 340 Å². The fraction of sp³-hybridized carbons (Fsp3) is 0.952. The molecular weight excluding hydrogens is 711 g/mol. The summed E-state index contributed by atoms with van der Waals surface area (Å²) in [6.45, 7) is 18.2. The predicted molar refractivity (Wildman–Crippen MR) is 226 cm³/mol. The van der Waals surface area contributed by atoms with E-state index in [1.807, 2.05) is 0 Å². The largest absolute Gasteiger partial charge is 0.696 e. The van der Waals surface area contributed by atoms with Crippen molar-refractivity contribution >= 4 is 25.3 Å². The molecule has 0 saturated carbocycles. The molecule has 0 aromatic heterocycles. The molecule has 4 saturated heterocycles. The Morgan fingerprint density at radius 3 is 0.686 bits per heavy atom. The van der Waals surface area contributed by atoms with Crippen LogP contribution in [-0.4, -0.2) is 52.4 Å². The summed E-state index contributed by atoms with van der Waals surface area (Å²) in [5, 5.41) is 34.4. The molecule has 306 valence electrons. The first-order valence-electron chi connectivity index (χ1n) is 21.1. The van der Waals surface area contributed by atoms with Gasteiger partial charge >= 0.3 is 0 Å². The van der Waals surface area contributed by atoms with Gasteiger partial charge in [-0.25, -0.2) is 10.5 Å². The van der Waals surface area contributed by atoms with Gasteiger partial charge in [0.25, 0.3) is 0 Å². The molecule has 4 heterocycles. The summed E-state index contributed by atoms with van der Waals surface area (Å²) in [7, 11) is 0. The van der Waals surface area contributed by atoms with Crippen LogP contribution in [-0.2, 0) is 41.7 Å². The summed E-state index contributed by atoms with van der Waals surface area (Å²) in [5.74, 6) is 4.05. The van der Waals surface area contributed by atoms with Crippen LogP contribution in [0.4, 0.5) is 0 Å². The number of unbranched alkanes of at least 4 members (excludes halogenated alkanes) is 8. The number of nitrogens with zero attached hydrogens (tertiary/aromatic N) is 6. The minimum Gasteiger partial charge on any atom is -0.696 e. The molecule has 0 atom stereocenters. The second kappa shape index (κ2) is 47.8. The van der Waals surface area contributed by atoms with Gasteiger partial charge in [0.1, 0.15) is 0 Å². The summed E-state index contributed by atoms with van der Waals surface area (Å²) in [6.07, 6.45) is 33.7. The molecule has 4 rings (SSSR count). The second-order valence-electron chi connectivity index (χ2n) is 14.6. The maximum absolute atomic E-state index is 7.13. The Hall–Kier alpha value is -0.246. The number of rotatable bonds is 16. The maximum Gasteiger partial charge on any atom is 0 e. The summed E-state index contributed by atoms with van der Waals surface area (Å²) >= 11 is 7.40. The van der Waals surface area contributed by atoms with Crippen LogP contribution in [0, 0.1) is 45.0 Å². The molecule has 4 aliphatic heterocycles. The number of piperidine rings is 4. The smallest absolute Gasteiger partial charge is 0 e. The molecule has 9 heteroatoms. The van der Waals surface area contributed by atoms with Gasteiger partial charge in [-0.3, -0.25) is 0 Å². The van der Waals surface area contributed by atoms with Crippen LogP contribution in [0.15, 0.2) is 0 Å². The van der Waals surface area contributed by atoms with Crippen molar-refractivity contribution in [3.63, 3.8) is 0 Å². The van der Waals surface area contributed by atoms with Crippen molar-refractivity contribution in [3.8, 4) is 10.8 Å². The summed E-state index contributed by atoms with van der Waals surface area (Å²) in [4.78, 5) is 0. The quantitative estimate of drug-likeness (QED) is 0.0672. The molecule has 0 radical (unpaired) electrons. The van der Waals surface area contributed by atoms with Crippen LogP contribution in [0.3, 0.4) is 0 Å². The molecule has 4 aliphatic rings. The van der Waals surface area contributed by atoms with Gasteiger partial charge in [0.05, 0.1) is 0 Å². The van der Waals surface area contributed by atoms with Crippen molar-refractivity contribution in [3.05, 3.63) is 21.3 Å². The Balaban J connectivity index is -0.000000568. The maximum atomic E-state index is 7.13. The van der Waals surface area contributed by atoms with Gasteiger partial charge in [-0.05, 0) is 23.7 Å². The van der Waals surface area contributed by atoms with Gasteiger partial charge in [-0.15, -0.1) is 52.4 Å². The molecule has 0 spiro atoms. The van der Waals surface area contributed by atoms with Crippen LogP contribution in [0.5, 0.6) is 0 Å². The van der Waals surface area contributed by atoms with Crippen molar-refractivity contribution in [2.24, 2.45) is 23.7 Å². The van der Waals surface area contributed by atoms with Gasteiger partial charge in [0, 0.05) is 16.5 Å². The first-order chi connectivity index (χ1) is 24.6. The minimum atomic E-state index is 0. The molecule has 4 fully saturated rings. The Morgan fingerprint density at radius 2 is 0.549 bits per heavy atom. The van der Waals surface area contributed by atoms with E-state index in [1.165, 1.54) is 165 Å². The molecular formula is C42H80N6NiS2-6.